The number of alkyl halides is 2. The number of benzene rings is 1. The van der Waals surface area contributed by atoms with Crippen LogP contribution < -0.4 is 10.2 Å². The normalized spacial score (nSPS) is 10.4. The van der Waals surface area contributed by atoms with Crippen LogP contribution in [0.1, 0.15) is 10.4 Å². The first-order valence-corrected chi connectivity index (χ1v) is 9.34. The highest BCUT2D eigenvalue weighted by Crippen LogP contribution is 2.36. The summed E-state index contributed by atoms with van der Waals surface area (Å²) < 4.78 is 0. The summed E-state index contributed by atoms with van der Waals surface area (Å²) in [5.41, 5.74) is -1.26. The third-order valence-electron chi connectivity index (χ3n) is 3.15. The Hall–Kier alpha value is -1.79. The molecule has 1 aromatic rings. The highest BCUT2D eigenvalue weighted by atomic mass is 79.9. The van der Waals surface area contributed by atoms with Crippen LogP contribution in [0.2, 0.25) is 0 Å². The van der Waals surface area contributed by atoms with Crippen LogP contribution >= 0.6 is 31.9 Å². The Kier molecular flexibility index (Phi) is 8.72. The summed E-state index contributed by atoms with van der Waals surface area (Å²) >= 11 is 6.50. The van der Waals surface area contributed by atoms with Gasteiger partial charge in [-0.3, -0.25) is 25.0 Å². The van der Waals surface area contributed by atoms with Crippen molar-refractivity contribution in [2.24, 2.45) is 0 Å². The van der Waals surface area contributed by atoms with E-state index in [1.807, 2.05) is 0 Å². The molecular weight excluding hydrogens is 468 g/mol. The molecule has 0 atom stereocenters. The number of non-ortho nitro benzene ring substituents is 1. The fourth-order valence-electron chi connectivity index (χ4n) is 2.16. The standard InChI is InChI=1S/C13H16Br2N4O6/c14-1-4-17(5-2-15)12-10(13(21)16-3-6-20)7-9(18(22)23)8-11(12)19(24)25/h7-8,20H,1-6H2,(H,16,21). The Labute approximate surface area is 159 Å². The third kappa shape index (κ3) is 5.61. The molecule has 2 N–H and O–H groups in total. The summed E-state index contributed by atoms with van der Waals surface area (Å²) in [5, 5.41) is 34.7. The lowest BCUT2D eigenvalue weighted by Gasteiger charge is -2.25. The van der Waals surface area contributed by atoms with E-state index in [4.69, 9.17) is 5.11 Å². The number of halogens is 2. The smallest absolute Gasteiger partial charge is 0.300 e. The zero-order valence-electron chi connectivity index (χ0n) is 13.0. The van der Waals surface area contributed by atoms with Crippen molar-refractivity contribution >= 4 is 54.8 Å². The second-order valence-corrected chi connectivity index (χ2v) is 6.31. The van der Waals surface area contributed by atoms with Gasteiger partial charge in [-0.1, -0.05) is 31.9 Å². The van der Waals surface area contributed by atoms with Crippen LogP contribution in [0, 0.1) is 20.2 Å². The van der Waals surface area contributed by atoms with Crippen molar-refractivity contribution in [3.63, 3.8) is 0 Å². The van der Waals surface area contributed by atoms with Crippen molar-refractivity contribution in [3.8, 4) is 0 Å². The predicted octanol–water partition coefficient (Wildman–Crippen LogP) is 1.82. The Morgan fingerprint density at radius 2 is 1.76 bits per heavy atom. The number of carbonyl (C=O) groups excluding carboxylic acids is 1. The highest BCUT2D eigenvalue weighted by Gasteiger charge is 2.30. The molecule has 0 aromatic heterocycles. The number of nitrogens with zero attached hydrogens (tertiary/aromatic N) is 3. The molecule has 0 radical (unpaired) electrons. The fraction of sp³-hybridized carbons (Fsp3) is 0.462. The second kappa shape index (κ2) is 10.3. The third-order valence-corrected chi connectivity index (χ3v) is 3.86. The first kappa shape index (κ1) is 21.3. The Morgan fingerprint density at radius 3 is 2.20 bits per heavy atom. The number of anilines is 1. The topological polar surface area (TPSA) is 139 Å². The lowest BCUT2D eigenvalue weighted by molar-refractivity contribution is -0.393. The lowest BCUT2D eigenvalue weighted by atomic mass is 10.1. The molecule has 0 heterocycles. The number of nitrogens with one attached hydrogen (secondary N) is 1. The lowest BCUT2D eigenvalue weighted by Crippen LogP contribution is -2.33. The molecule has 0 fully saturated rings. The van der Waals surface area contributed by atoms with E-state index in [9.17, 15) is 25.0 Å². The number of nitro groups is 2. The van der Waals surface area contributed by atoms with Gasteiger partial charge in [-0.2, -0.15) is 0 Å². The maximum absolute atomic E-state index is 12.4. The number of nitro benzene ring substituents is 2. The molecule has 0 unspecified atom stereocenters. The van der Waals surface area contributed by atoms with Gasteiger partial charge in [-0.25, -0.2) is 0 Å². The number of carbonyl (C=O) groups is 1. The molecular formula is C13H16Br2N4O6. The van der Waals surface area contributed by atoms with Gasteiger partial charge in [0.15, 0.2) is 0 Å². The van der Waals surface area contributed by atoms with Crippen molar-refractivity contribution in [1.82, 2.24) is 5.32 Å². The van der Waals surface area contributed by atoms with E-state index >= 15 is 0 Å². The largest absolute Gasteiger partial charge is 0.395 e. The quantitative estimate of drug-likeness (QED) is 0.294. The van der Waals surface area contributed by atoms with E-state index in [0.717, 1.165) is 12.1 Å². The monoisotopic (exact) mass is 482 g/mol. The van der Waals surface area contributed by atoms with E-state index < -0.39 is 27.1 Å². The van der Waals surface area contributed by atoms with Crippen LogP contribution in [-0.4, -0.2) is 57.8 Å². The fourth-order valence-corrected chi connectivity index (χ4v) is 3.01. The molecule has 0 aliphatic carbocycles. The van der Waals surface area contributed by atoms with E-state index in [-0.39, 0.29) is 24.4 Å². The van der Waals surface area contributed by atoms with Gasteiger partial charge in [-0.15, -0.1) is 0 Å². The summed E-state index contributed by atoms with van der Waals surface area (Å²) in [4.78, 5) is 35.0. The Bertz CT molecular complexity index is 652. The van der Waals surface area contributed by atoms with Crippen molar-refractivity contribution in [3.05, 3.63) is 37.9 Å². The molecule has 0 bridgehead atoms. The van der Waals surface area contributed by atoms with Gasteiger partial charge in [-0.05, 0) is 0 Å². The number of rotatable bonds is 10. The summed E-state index contributed by atoms with van der Waals surface area (Å²) in [6, 6.07) is 1.85. The predicted molar refractivity (Wildman–Crippen MR) is 99.0 cm³/mol. The van der Waals surface area contributed by atoms with Gasteiger partial charge < -0.3 is 15.3 Å². The zero-order valence-corrected chi connectivity index (χ0v) is 16.2. The van der Waals surface area contributed by atoms with Crippen LogP contribution in [0.3, 0.4) is 0 Å². The average Bonchev–Trinajstić information content (AvgIpc) is 2.58. The number of hydrogen-bond acceptors (Lipinski definition) is 7. The highest BCUT2D eigenvalue weighted by molar-refractivity contribution is 9.09. The Morgan fingerprint density at radius 1 is 1.16 bits per heavy atom. The maximum atomic E-state index is 12.4. The summed E-state index contributed by atoms with van der Waals surface area (Å²) in [6.07, 6.45) is 0. The van der Waals surface area contributed by atoms with Crippen LogP contribution in [0.15, 0.2) is 12.1 Å². The van der Waals surface area contributed by atoms with Crippen molar-refractivity contribution in [1.29, 1.82) is 0 Å². The van der Waals surface area contributed by atoms with Crippen LogP contribution in [0.4, 0.5) is 17.1 Å². The molecule has 1 amide bonds. The van der Waals surface area contributed by atoms with Gasteiger partial charge in [0.05, 0.1) is 28.1 Å². The first-order chi connectivity index (χ1) is 11.9. The van der Waals surface area contributed by atoms with Gasteiger partial charge >= 0.3 is 0 Å². The molecule has 1 rings (SSSR count). The van der Waals surface area contributed by atoms with Crippen molar-refractivity contribution in [2.45, 2.75) is 0 Å². The molecule has 25 heavy (non-hydrogen) atoms. The molecule has 0 saturated carbocycles. The van der Waals surface area contributed by atoms with E-state index in [0.29, 0.717) is 23.7 Å². The number of aliphatic hydroxyl groups is 1. The molecule has 0 aliphatic heterocycles. The molecule has 1 aromatic carbocycles. The van der Waals surface area contributed by atoms with Crippen molar-refractivity contribution in [2.75, 3.05) is 41.8 Å². The minimum Gasteiger partial charge on any atom is -0.395 e. The SMILES string of the molecule is O=C(NCCO)c1cc([N+](=O)[O-])cc([N+](=O)[O-])c1N(CCBr)CCBr. The van der Waals surface area contributed by atoms with E-state index in [1.54, 1.807) is 4.90 Å². The van der Waals surface area contributed by atoms with Gasteiger partial charge in [0, 0.05) is 36.4 Å². The Balaban J connectivity index is 3.63. The minimum atomic E-state index is -0.793. The van der Waals surface area contributed by atoms with Crippen LogP contribution in [0.25, 0.3) is 0 Å². The number of aliphatic hydroxyl groups excluding tert-OH is 1. The maximum Gasteiger partial charge on any atom is 0.300 e. The second-order valence-electron chi connectivity index (χ2n) is 4.72. The molecule has 12 heteroatoms. The van der Waals surface area contributed by atoms with E-state index in [1.165, 1.54) is 0 Å². The van der Waals surface area contributed by atoms with Crippen molar-refractivity contribution < 1.29 is 19.7 Å². The molecule has 138 valence electrons. The minimum absolute atomic E-state index is 0.00457. The molecule has 0 saturated heterocycles. The van der Waals surface area contributed by atoms with Crippen LogP contribution in [-0.2, 0) is 0 Å². The molecule has 0 spiro atoms. The van der Waals surface area contributed by atoms with Gasteiger partial charge in [0.1, 0.15) is 5.69 Å². The zero-order chi connectivity index (χ0) is 19.0. The average molecular weight is 484 g/mol. The van der Waals surface area contributed by atoms with Gasteiger partial charge in [0.2, 0.25) is 0 Å². The van der Waals surface area contributed by atoms with Crippen LogP contribution in [0.5, 0.6) is 0 Å². The number of amides is 1. The number of hydrogen-bond donors (Lipinski definition) is 2. The van der Waals surface area contributed by atoms with Gasteiger partial charge in [0.25, 0.3) is 17.3 Å². The summed E-state index contributed by atoms with van der Waals surface area (Å²) in [6.45, 7) is 0.297. The molecule has 0 aliphatic rings. The summed E-state index contributed by atoms with van der Waals surface area (Å²) in [7, 11) is 0. The summed E-state index contributed by atoms with van der Waals surface area (Å²) in [5.74, 6) is -0.731. The molecule has 10 nitrogen and oxygen atoms in total. The first-order valence-electron chi connectivity index (χ1n) is 7.10. The van der Waals surface area contributed by atoms with E-state index in [2.05, 4.69) is 37.2 Å².